The first-order chi connectivity index (χ1) is 6.40. The summed E-state index contributed by atoms with van der Waals surface area (Å²) in [5.41, 5.74) is 5.76. The second-order valence-electron chi connectivity index (χ2n) is 4.28. The number of rotatable bonds is 2. The molecular formula is C10H20N2S. The molecule has 0 bridgehead atoms. The van der Waals surface area contributed by atoms with E-state index in [-0.39, 0.29) is 0 Å². The highest BCUT2D eigenvalue weighted by molar-refractivity contribution is 8.00. The van der Waals surface area contributed by atoms with E-state index in [1.54, 1.807) is 0 Å². The first-order valence-electron chi connectivity index (χ1n) is 5.42. The summed E-state index contributed by atoms with van der Waals surface area (Å²) in [6.07, 6.45) is 4.13. The maximum Gasteiger partial charge on any atom is 0.0277 e. The van der Waals surface area contributed by atoms with Crippen LogP contribution in [0.25, 0.3) is 0 Å². The van der Waals surface area contributed by atoms with Gasteiger partial charge in [0.1, 0.15) is 0 Å². The van der Waals surface area contributed by atoms with Crippen molar-refractivity contribution in [1.29, 1.82) is 0 Å². The molecule has 0 aromatic rings. The standard InChI is InChI=1S/C10H20N2S/c11-5-9-3-1-2-4-12(6-9)10-7-13-8-10/h9-10H,1-8,11H2. The fourth-order valence-corrected chi connectivity index (χ4v) is 3.09. The van der Waals surface area contributed by atoms with Gasteiger partial charge in [0, 0.05) is 24.1 Å². The Morgan fingerprint density at radius 1 is 1.31 bits per heavy atom. The Hall–Kier alpha value is 0.270. The summed E-state index contributed by atoms with van der Waals surface area (Å²) in [4.78, 5) is 2.68. The Morgan fingerprint density at radius 2 is 2.15 bits per heavy atom. The fraction of sp³-hybridized carbons (Fsp3) is 1.00. The Labute approximate surface area is 85.2 Å². The molecule has 0 amide bonds. The van der Waals surface area contributed by atoms with Crippen molar-refractivity contribution in [1.82, 2.24) is 4.90 Å². The topological polar surface area (TPSA) is 29.3 Å². The van der Waals surface area contributed by atoms with Crippen molar-refractivity contribution < 1.29 is 0 Å². The highest BCUT2D eigenvalue weighted by Crippen LogP contribution is 2.26. The lowest BCUT2D eigenvalue weighted by molar-refractivity contribution is 0.203. The van der Waals surface area contributed by atoms with E-state index in [1.807, 2.05) is 0 Å². The lowest BCUT2D eigenvalue weighted by atomic mass is 10.0. The van der Waals surface area contributed by atoms with E-state index in [0.29, 0.717) is 0 Å². The molecule has 2 nitrogen and oxygen atoms in total. The molecule has 0 saturated carbocycles. The van der Waals surface area contributed by atoms with Crippen LogP contribution in [0.5, 0.6) is 0 Å². The van der Waals surface area contributed by atoms with Gasteiger partial charge in [-0.25, -0.2) is 0 Å². The Bertz CT molecular complexity index is 159. The van der Waals surface area contributed by atoms with E-state index < -0.39 is 0 Å². The summed E-state index contributed by atoms with van der Waals surface area (Å²) in [7, 11) is 0. The molecule has 3 heteroatoms. The van der Waals surface area contributed by atoms with Crippen molar-refractivity contribution in [3.63, 3.8) is 0 Å². The van der Waals surface area contributed by atoms with Gasteiger partial charge < -0.3 is 5.73 Å². The first kappa shape index (κ1) is 9.81. The van der Waals surface area contributed by atoms with Crippen molar-refractivity contribution in [3.8, 4) is 0 Å². The predicted octanol–water partition coefficient (Wildman–Crippen LogP) is 1.16. The molecule has 2 saturated heterocycles. The first-order valence-corrected chi connectivity index (χ1v) is 6.57. The average molecular weight is 200 g/mol. The molecule has 1 unspecified atom stereocenters. The second-order valence-corrected chi connectivity index (χ2v) is 5.36. The van der Waals surface area contributed by atoms with E-state index in [1.165, 1.54) is 43.9 Å². The van der Waals surface area contributed by atoms with Gasteiger partial charge in [-0.1, -0.05) is 6.42 Å². The summed E-state index contributed by atoms with van der Waals surface area (Å²) in [6, 6.07) is 0.886. The molecule has 0 spiro atoms. The van der Waals surface area contributed by atoms with Gasteiger partial charge in [0.05, 0.1) is 0 Å². The van der Waals surface area contributed by atoms with Crippen molar-refractivity contribution in [2.24, 2.45) is 11.7 Å². The lowest BCUT2D eigenvalue weighted by Crippen LogP contribution is -2.46. The second kappa shape index (κ2) is 4.67. The van der Waals surface area contributed by atoms with E-state index in [2.05, 4.69) is 16.7 Å². The molecule has 0 aromatic heterocycles. The minimum Gasteiger partial charge on any atom is -0.330 e. The highest BCUT2D eigenvalue weighted by Gasteiger charge is 2.28. The van der Waals surface area contributed by atoms with Crippen molar-refractivity contribution >= 4 is 11.8 Å². The average Bonchev–Trinajstić information content (AvgIpc) is 2.27. The SMILES string of the molecule is NCC1CCCCN(C2CSC2)C1. The molecule has 0 radical (unpaired) electrons. The maximum absolute atomic E-state index is 5.76. The number of likely N-dealkylation sites (tertiary alicyclic amines) is 1. The van der Waals surface area contributed by atoms with Gasteiger partial charge in [0.2, 0.25) is 0 Å². The molecule has 2 aliphatic rings. The third-order valence-electron chi connectivity index (χ3n) is 3.27. The van der Waals surface area contributed by atoms with Crippen LogP contribution in [0, 0.1) is 5.92 Å². The molecule has 2 heterocycles. The highest BCUT2D eigenvalue weighted by atomic mass is 32.2. The van der Waals surface area contributed by atoms with E-state index >= 15 is 0 Å². The summed E-state index contributed by atoms with van der Waals surface area (Å²) in [6.45, 7) is 3.47. The maximum atomic E-state index is 5.76. The fourth-order valence-electron chi connectivity index (χ4n) is 2.22. The van der Waals surface area contributed by atoms with Gasteiger partial charge in [0.15, 0.2) is 0 Å². The monoisotopic (exact) mass is 200 g/mol. The smallest absolute Gasteiger partial charge is 0.0277 e. The summed E-state index contributed by atoms with van der Waals surface area (Å²) in [5.74, 6) is 3.49. The molecule has 2 fully saturated rings. The van der Waals surface area contributed by atoms with Gasteiger partial charge in [-0.15, -0.1) is 0 Å². The molecule has 13 heavy (non-hydrogen) atoms. The summed E-state index contributed by atoms with van der Waals surface area (Å²) in [5, 5.41) is 0. The van der Waals surface area contributed by atoms with Crippen LogP contribution in [-0.4, -0.2) is 42.1 Å². The summed E-state index contributed by atoms with van der Waals surface area (Å²) >= 11 is 2.08. The summed E-state index contributed by atoms with van der Waals surface area (Å²) < 4.78 is 0. The van der Waals surface area contributed by atoms with E-state index in [0.717, 1.165) is 18.5 Å². The number of thioether (sulfide) groups is 1. The zero-order valence-electron chi connectivity index (χ0n) is 8.24. The van der Waals surface area contributed by atoms with E-state index in [9.17, 15) is 0 Å². The number of nitrogens with two attached hydrogens (primary N) is 1. The van der Waals surface area contributed by atoms with Gasteiger partial charge in [-0.3, -0.25) is 4.90 Å². The van der Waals surface area contributed by atoms with Gasteiger partial charge in [0.25, 0.3) is 0 Å². The largest absolute Gasteiger partial charge is 0.330 e. The zero-order chi connectivity index (χ0) is 9.10. The Morgan fingerprint density at radius 3 is 2.77 bits per heavy atom. The normalized spacial score (nSPS) is 32.5. The minimum atomic E-state index is 0.771. The quantitative estimate of drug-likeness (QED) is 0.725. The van der Waals surface area contributed by atoms with Crippen LogP contribution in [0.2, 0.25) is 0 Å². The Kier molecular flexibility index (Phi) is 3.52. The molecule has 0 aliphatic carbocycles. The molecule has 2 rings (SSSR count). The third-order valence-corrected chi connectivity index (χ3v) is 4.51. The van der Waals surface area contributed by atoms with Gasteiger partial charge >= 0.3 is 0 Å². The number of nitrogens with zero attached hydrogens (tertiary/aromatic N) is 1. The predicted molar refractivity (Wildman–Crippen MR) is 59.1 cm³/mol. The van der Waals surface area contributed by atoms with Crippen LogP contribution in [0.3, 0.4) is 0 Å². The molecule has 0 aromatic carbocycles. The molecule has 2 N–H and O–H groups in total. The van der Waals surface area contributed by atoms with E-state index in [4.69, 9.17) is 5.73 Å². The molecular weight excluding hydrogens is 180 g/mol. The molecule has 2 aliphatic heterocycles. The third kappa shape index (κ3) is 2.39. The van der Waals surface area contributed by atoms with Crippen LogP contribution in [0.15, 0.2) is 0 Å². The van der Waals surface area contributed by atoms with Crippen molar-refractivity contribution in [3.05, 3.63) is 0 Å². The number of hydrogen-bond acceptors (Lipinski definition) is 3. The van der Waals surface area contributed by atoms with Crippen LogP contribution < -0.4 is 5.73 Å². The Balaban J connectivity index is 1.85. The van der Waals surface area contributed by atoms with Gasteiger partial charge in [-0.2, -0.15) is 11.8 Å². The van der Waals surface area contributed by atoms with Crippen molar-refractivity contribution in [2.45, 2.75) is 25.3 Å². The van der Waals surface area contributed by atoms with Crippen LogP contribution in [0.1, 0.15) is 19.3 Å². The molecule has 1 atom stereocenters. The zero-order valence-corrected chi connectivity index (χ0v) is 9.06. The minimum absolute atomic E-state index is 0.771. The van der Waals surface area contributed by atoms with Crippen molar-refractivity contribution in [2.75, 3.05) is 31.1 Å². The number of hydrogen-bond donors (Lipinski definition) is 1. The molecule has 76 valence electrons. The van der Waals surface area contributed by atoms with Gasteiger partial charge in [-0.05, 0) is 31.8 Å². The van der Waals surface area contributed by atoms with Crippen LogP contribution in [-0.2, 0) is 0 Å². The van der Waals surface area contributed by atoms with Crippen LogP contribution >= 0.6 is 11.8 Å². The van der Waals surface area contributed by atoms with Crippen LogP contribution in [0.4, 0.5) is 0 Å². The lowest BCUT2D eigenvalue weighted by Gasteiger charge is -2.37.